The Balaban J connectivity index is 2.75. The van der Waals surface area contributed by atoms with Crippen molar-refractivity contribution in [2.45, 2.75) is 6.43 Å². The van der Waals surface area contributed by atoms with Gasteiger partial charge in [0.05, 0.1) is 6.20 Å². The summed E-state index contributed by atoms with van der Waals surface area (Å²) >= 11 is 5.66. The second kappa shape index (κ2) is 2.92. The SMILES string of the molecule is FC(F)c1ncc2c(Cl)nccn12. The van der Waals surface area contributed by atoms with Crippen molar-refractivity contribution in [3.63, 3.8) is 0 Å². The molecular weight excluding hydrogens is 200 g/mol. The van der Waals surface area contributed by atoms with Gasteiger partial charge in [-0.25, -0.2) is 18.7 Å². The van der Waals surface area contributed by atoms with Gasteiger partial charge in [-0.1, -0.05) is 11.6 Å². The molecule has 0 saturated carbocycles. The summed E-state index contributed by atoms with van der Waals surface area (Å²) in [4.78, 5) is 7.28. The molecule has 0 aliphatic rings. The van der Waals surface area contributed by atoms with Gasteiger partial charge in [0.15, 0.2) is 11.0 Å². The lowest BCUT2D eigenvalue weighted by Gasteiger charge is -1.98. The van der Waals surface area contributed by atoms with E-state index in [-0.39, 0.29) is 11.0 Å². The van der Waals surface area contributed by atoms with Gasteiger partial charge in [-0.05, 0) is 0 Å². The number of fused-ring (bicyclic) bond motifs is 1. The molecule has 2 aromatic rings. The number of rotatable bonds is 1. The maximum absolute atomic E-state index is 12.3. The van der Waals surface area contributed by atoms with E-state index in [4.69, 9.17) is 11.6 Å². The van der Waals surface area contributed by atoms with Crippen LogP contribution in [-0.2, 0) is 0 Å². The standard InChI is InChI=1S/C7H4ClF2N3/c8-5-4-3-12-7(6(9)10)13(4)2-1-11-5/h1-3,6H. The van der Waals surface area contributed by atoms with Gasteiger partial charge < -0.3 is 0 Å². The summed E-state index contributed by atoms with van der Waals surface area (Å²) in [5.41, 5.74) is 0.388. The molecule has 0 N–H and O–H groups in total. The summed E-state index contributed by atoms with van der Waals surface area (Å²) in [5, 5.41) is 0.168. The minimum Gasteiger partial charge on any atom is -0.295 e. The molecule has 0 radical (unpaired) electrons. The van der Waals surface area contributed by atoms with Crippen LogP contribution in [0.1, 0.15) is 12.2 Å². The molecule has 3 nitrogen and oxygen atoms in total. The van der Waals surface area contributed by atoms with E-state index >= 15 is 0 Å². The lowest BCUT2D eigenvalue weighted by atomic mass is 10.5. The molecule has 0 spiro atoms. The third-order valence-electron chi connectivity index (χ3n) is 1.64. The molecular formula is C7H4ClF2N3. The predicted molar refractivity (Wildman–Crippen MR) is 43.0 cm³/mol. The van der Waals surface area contributed by atoms with E-state index in [2.05, 4.69) is 9.97 Å². The molecule has 0 unspecified atom stereocenters. The first-order chi connectivity index (χ1) is 6.20. The third-order valence-corrected chi connectivity index (χ3v) is 1.93. The van der Waals surface area contributed by atoms with Crippen LogP contribution in [0.4, 0.5) is 8.78 Å². The van der Waals surface area contributed by atoms with Gasteiger partial charge >= 0.3 is 0 Å². The van der Waals surface area contributed by atoms with Gasteiger partial charge in [0.1, 0.15) is 5.52 Å². The average molecular weight is 204 g/mol. The Labute approximate surface area is 77.0 Å². The quantitative estimate of drug-likeness (QED) is 0.712. The summed E-state index contributed by atoms with van der Waals surface area (Å²) in [7, 11) is 0. The number of hydrogen-bond donors (Lipinski definition) is 0. The van der Waals surface area contributed by atoms with Crippen LogP contribution in [0.15, 0.2) is 18.6 Å². The molecule has 0 aromatic carbocycles. The number of aromatic nitrogens is 3. The molecule has 0 saturated heterocycles. The first-order valence-electron chi connectivity index (χ1n) is 3.46. The second-order valence-electron chi connectivity index (χ2n) is 2.39. The van der Waals surface area contributed by atoms with Crippen LogP contribution in [-0.4, -0.2) is 14.4 Å². The maximum atomic E-state index is 12.3. The van der Waals surface area contributed by atoms with Gasteiger partial charge in [0.2, 0.25) is 0 Å². The van der Waals surface area contributed by atoms with Crippen LogP contribution >= 0.6 is 11.6 Å². The van der Waals surface area contributed by atoms with E-state index in [1.54, 1.807) is 0 Å². The molecule has 2 rings (SSSR count). The Morgan fingerprint density at radius 2 is 2.15 bits per heavy atom. The van der Waals surface area contributed by atoms with Crippen molar-refractivity contribution in [3.05, 3.63) is 29.6 Å². The van der Waals surface area contributed by atoms with Crippen LogP contribution < -0.4 is 0 Å². The zero-order chi connectivity index (χ0) is 9.42. The van der Waals surface area contributed by atoms with Crippen molar-refractivity contribution in [1.82, 2.24) is 14.4 Å². The Kier molecular flexibility index (Phi) is 1.88. The average Bonchev–Trinajstić information content (AvgIpc) is 2.48. The zero-order valence-corrected chi connectivity index (χ0v) is 7.04. The van der Waals surface area contributed by atoms with Crippen LogP contribution in [0.3, 0.4) is 0 Å². The molecule has 0 aliphatic heterocycles. The minimum absolute atomic E-state index is 0.168. The van der Waals surface area contributed by atoms with Crippen LogP contribution in [0.5, 0.6) is 0 Å². The fourth-order valence-corrected chi connectivity index (χ4v) is 1.27. The third kappa shape index (κ3) is 1.25. The minimum atomic E-state index is -2.61. The molecule has 68 valence electrons. The number of imidazole rings is 1. The second-order valence-corrected chi connectivity index (χ2v) is 2.75. The summed E-state index contributed by atoms with van der Waals surface area (Å²) in [6.45, 7) is 0. The maximum Gasteiger partial charge on any atom is 0.295 e. The molecule has 0 fully saturated rings. The van der Waals surface area contributed by atoms with Crippen LogP contribution in [0.25, 0.3) is 5.52 Å². The Bertz CT molecular complexity index is 440. The molecule has 0 atom stereocenters. The molecule has 0 bridgehead atoms. The summed E-state index contributed by atoms with van der Waals surface area (Å²) in [6, 6.07) is 0. The van der Waals surface area contributed by atoms with Crippen molar-refractivity contribution in [3.8, 4) is 0 Å². The van der Waals surface area contributed by atoms with Crippen molar-refractivity contribution < 1.29 is 8.78 Å². The molecule has 0 aliphatic carbocycles. The van der Waals surface area contributed by atoms with Gasteiger partial charge in [0.25, 0.3) is 6.43 Å². The van der Waals surface area contributed by atoms with E-state index in [0.29, 0.717) is 5.52 Å². The van der Waals surface area contributed by atoms with Gasteiger partial charge in [0, 0.05) is 12.4 Å². The summed E-state index contributed by atoms with van der Waals surface area (Å²) in [5.74, 6) is -0.320. The van der Waals surface area contributed by atoms with E-state index in [1.165, 1.54) is 23.0 Å². The van der Waals surface area contributed by atoms with E-state index in [9.17, 15) is 8.78 Å². The smallest absolute Gasteiger partial charge is 0.295 e. The lowest BCUT2D eigenvalue weighted by molar-refractivity contribution is 0.139. The van der Waals surface area contributed by atoms with Crippen LogP contribution in [0, 0.1) is 0 Å². The number of halogens is 3. The highest BCUT2D eigenvalue weighted by molar-refractivity contribution is 6.32. The molecule has 2 aromatic heterocycles. The summed E-state index contributed by atoms with van der Waals surface area (Å²) in [6.07, 6.45) is 1.41. The van der Waals surface area contributed by atoms with E-state index < -0.39 is 6.43 Å². The zero-order valence-electron chi connectivity index (χ0n) is 6.28. The Morgan fingerprint density at radius 3 is 2.85 bits per heavy atom. The molecule has 0 amide bonds. The number of alkyl halides is 2. The Morgan fingerprint density at radius 1 is 1.38 bits per heavy atom. The van der Waals surface area contributed by atoms with Crippen molar-refractivity contribution in [2.75, 3.05) is 0 Å². The summed E-state index contributed by atoms with van der Waals surface area (Å²) < 4.78 is 25.9. The fraction of sp³-hybridized carbons (Fsp3) is 0.143. The fourth-order valence-electron chi connectivity index (χ4n) is 1.08. The topological polar surface area (TPSA) is 30.2 Å². The molecule has 6 heteroatoms. The highest BCUT2D eigenvalue weighted by Crippen LogP contribution is 2.21. The largest absolute Gasteiger partial charge is 0.295 e. The van der Waals surface area contributed by atoms with E-state index in [0.717, 1.165) is 0 Å². The van der Waals surface area contributed by atoms with Gasteiger partial charge in [-0.2, -0.15) is 0 Å². The van der Waals surface area contributed by atoms with Gasteiger partial charge in [-0.3, -0.25) is 4.40 Å². The monoisotopic (exact) mass is 203 g/mol. The van der Waals surface area contributed by atoms with Gasteiger partial charge in [-0.15, -0.1) is 0 Å². The normalized spacial score (nSPS) is 11.4. The number of nitrogens with zero attached hydrogens (tertiary/aromatic N) is 3. The molecule has 13 heavy (non-hydrogen) atoms. The van der Waals surface area contributed by atoms with E-state index in [1.807, 2.05) is 0 Å². The van der Waals surface area contributed by atoms with Crippen molar-refractivity contribution in [2.24, 2.45) is 0 Å². The van der Waals surface area contributed by atoms with Crippen molar-refractivity contribution >= 4 is 17.1 Å². The number of hydrogen-bond acceptors (Lipinski definition) is 2. The first-order valence-corrected chi connectivity index (χ1v) is 3.83. The lowest BCUT2D eigenvalue weighted by Crippen LogP contribution is -1.95. The molecule has 2 heterocycles. The highest BCUT2D eigenvalue weighted by Gasteiger charge is 2.15. The first kappa shape index (κ1) is 8.37. The predicted octanol–water partition coefficient (Wildman–Crippen LogP) is 2.32. The van der Waals surface area contributed by atoms with Crippen molar-refractivity contribution in [1.29, 1.82) is 0 Å². The highest BCUT2D eigenvalue weighted by atomic mass is 35.5. The van der Waals surface area contributed by atoms with Crippen LogP contribution in [0.2, 0.25) is 5.15 Å². The Hall–Kier alpha value is -1.23.